The van der Waals surface area contributed by atoms with Crippen LogP contribution >= 0.6 is 43.5 Å². The van der Waals surface area contributed by atoms with E-state index in [4.69, 9.17) is 11.6 Å². The Kier molecular flexibility index (Phi) is 3.85. The predicted molar refractivity (Wildman–Crippen MR) is 86.5 cm³/mol. The maximum Gasteiger partial charge on any atom is 0.265 e. The summed E-state index contributed by atoms with van der Waals surface area (Å²) in [6.45, 7) is 0.220. The van der Waals surface area contributed by atoms with Gasteiger partial charge in [-0.15, -0.1) is 0 Å². The van der Waals surface area contributed by atoms with Gasteiger partial charge in [0.15, 0.2) is 11.5 Å². The van der Waals surface area contributed by atoms with Crippen LogP contribution in [0.15, 0.2) is 32.2 Å². The minimum Gasteiger partial charge on any atom is -0.306 e. The summed E-state index contributed by atoms with van der Waals surface area (Å²) in [5, 5.41) is 5.11. The van der Waals surface area contributed by atoms with Crippen molar-refractivity contribution in [1.82, 2.24) is 24.3 Å². The van der Waals surface area contributed by atoms with Gasteiger partial charge < -0.3 is 4.57 Å². The van der Waals surface area contributed by atoms with Crippen LogP contribution in [0.25, 0.3) is 11.0 Å². The quantitative estimate of drug-likeness (QED) is 0.583. The van der Waals surface area contributed by atoms with Crippen LogP contribution in [0, 0.1) is 0 Å². The average molecular weight is 433 g/mol. The Labute approximate surface area is 141 Å². The fourth-order valence-electron chi connectivity index (χ4n) is 1.94. The Morgan fingerprint density at radius 3 is 2.86 bits per heavy atom. The molecule has 0 amide bonds. The molecule has 0 aliphatic rings. The second kappa shape index (κ2) is 5.51. The van der Waals surface area contributed by atoms with Crippen LogP contribution in [0.3, 0.4) is 0 Å². The number of hydrogen-bond acceptors (Lipinski definition) is 4. The van der Waals surface area contributed by atoms with Gasteiger partial charge >= 0.3 is 0 Å². The normalized spacial score (nSPS) is 11.2. The highest BCUT2D eigenvalue weighted by atomic mass is 79.9. The van der Waals surface area contributed by atoms with Gasteiger partial charge in [0.05, 0.1) is 22.6 Å². The van der Waals surface area contributed by atoms with E-state index in [1.807, 2.05) is 0 Å². The Morgan fingerprint density at radius 2 is 2.10 bits per heavy atom. The minimum absolute atomic E-state index is 0.164. The molecule has 0 atom stereocenters. The molecule has 0 fully saturated rings. The highest BCUT2D eigenvalue weighted by molar-refractivity contribution is 9.11. The van der Waals surface area contributed by atoms with E-state index in [1.54, 1.807) is 30.2 Å². The predicted octanol–water partition coefficient (Wildman–Crippen LogP) is 2.75. The van der Waals surface area contributed by atoms with E-state index in [-0.39, 0.29) is 12.1 Å². The Balaban J connectivity index is 2.10. The van der Waals surface area contributed by atoms with Crippen LogP contribution in [0.1, 0.15) is 5.82 Å². The van der Waals surface area contributed by atoms with E-state index in [9.17, 15) is 4.79 Å². The zero-order valence-electron chi connectivity index (χ0n) is 10.7. The molecule has 0 saturated heterocycles. The van der Waals surface area contributed by atoms with E-state index in [1.165, 1.54) is 4.57 Å². The minimum atomic E-state index is -0.164. The van der Waals surface area contributed by atoms with E-state index < -0.39 is 0 Å². The largest absolute Gasteiger partial charge is 0.306 e. The summed E-state index contributed by atoms with van der Waals surface area (Å²) in [6.07, 6.45) is 3.29. The van der Waals surface area contributed by atoms with Gasteiger partial charge in [-0.05, 0) is 37.9 Å². The van der Waals surface area contributed by atoms with Crippen LogP contribution in [0.5, 0.6) is 0 Å². The van der Waals surface area contributed by atoms with E-state index in [0.717, 1.165) is 4.47 Å². The lowest BCUT2D eigenvalue weighted by molar-refractivity contribution is 0.706. The zero-order valence-corrected chi connectivity index (χ0v) is 14.6. The Morgan fingerprint density at radius 1 is 1.33 bits per heavy atom. The Hall–Kier alpha value is -1.25. The van der Waals surface area contributed by atoms with Crippen molar-refractivity contribution in [1.29, 1.82) is 0 Å². The van der Waals surface area contributed by atoms with E-state index in [0.29, 0.717) is 26.5 Å². The molecule has 0 unspecified atom stereocenters. The second-order valence-corrected chi connectivity index (χ2v) is 6.50. The molecular weight excluding hydrogens is 425 g/mol. The first kappa shape index (κ1) is 14.7. The van der Waals surface area contributed by atoms with Crippen molar-refractivity contribution < 1.29 is 0 Å². The number of rotatable bonds is 2. The van der Waals surface area contributed by atoms with Crippen molar-refractivity contribution >= 4 is 54.5 Å². The first-order chi connectivity index (χ1) is 9.95. The second-order valence-electron chi connectivity index (χ2n) is 4.38. The van der Waals surface area contributed by atoms with Crippen molar-refractivity contribution in [2.45, 2.75) is 6.54 Å². The number of halogens is 3. The molecule has 3 aromatic heterocycles. The molecular formula is C12H8Br2ClN5O. The van der Waals surface area contributed by atoms with Crippen LogP contribution < -0.4 is 5.56 Å². The van der Waals surface area contributed by atoms with Crippen molar-refractivity contribution in [3.8, 4) is 0 Å². The van der Waals surface area contributed by atoms with Crippen molar-refractivity contribution in [3.63, 3.8) is 0 Å². The number of fused-ring (bicyclic) bond motifs is 1. The Bertz CT molecular complexity index is 905. The first-order valence-corrected chi connectivity index (χ1v) is 7.81. The lowest BCUT2D eigenvalue weighted by Gasteiger charge is -2.07. The third kappa shape index (κ3) is 2.75. The standard InChI is InChI=1S/C12H8Br2ClN5O/c1-19-11-7(3-16-19)10(15)17-9(18-11)5-20-4-6(13)2-8(14)12(20)21/h2-4H,5H2,1H3. The number of aromatic nitrogens is 5. The van der Waals surface area contributed by atoms with Crippen molar-refractivity contribution in [2.24, 2.45) is 7.05 Å². The molecule has 0 aromatic carbocycles. The molecule has 3 heterocycles. The molecule has 6 nitrogen and oxygen atoms in total. The summed E-state index contributed by atoms with van der Waals surface area (Å²) in [7, 11) is 1.78. The fourth-order valence-corrected chi connectivity index (χ4v) is 3.42. The summed E-state index contributed by atoms with van der Waals surface area (Å²) < 4.78 is 4.36. The molecule has 0 bridgehead atoms. The fraction of sp³-hybridized carbons (Fsp3) is 0.167. The van der Waals surface area contributed by atoms with E-state index in [2.05, 4.69) is 46.9 Å². The van der Waals surface area contributed by atoms with Gasteiger partial charge in [0.2, 0.25) is 0 Å². The molecule has 0 spiro atoms. The highest BCUT2D eigenvalue weighted by Gasteiger charge is 2.11. The van der Waals surface area contributed by atoms with Crippen LogP contribution in [0.2, 0.25) is 5.15 Å². The van der Waals surface area contributed by atoms with Gasteiger partial charge in [0.25, 0.3) is 5.56 Å². The number of pyridine rings is 1. The van der Waals surface area contributed by atoms with E-state index >= 15 is 0 Å². The van der Waals surface area contributed by atoms with Crippen LogP contribution in [-0.2, 0) is 13.6 Å². The molecule has 0 N–H and O–H groups in total. The maximum atomic E-state index is 12.1. The van der Waals surface area contributed by atoms with Crippen molar-refractivity contribution in [3.05, 3.63) is 48.7 Å². The molecule has 108 valence electrons. The molecule has 9 heteroatoms. The SMILES string of the molecule is Cn1ncc2c(Cl)nc(Cn3cc(Br)cc(Br)c3=O)nc21. The topological polar surface area (TPSA) is 65.6 Å². The van der Waals surface area contributed by atoms with Crippen LogP contribution in [-0.4, -0.2) is 24.3 Å². The number of aryl methyl sites for hydroxylation is 1. The summed E-state index contributed by atoms with van der Waals surface area (Å²) in [6, 6.07) is 1.69. The average Bonchev–Trinajstić information content (AvgIpc) is 2.78. The number of hydrogen-bond donors (Lipinski definition) is 0. The first-order valence-electron chi connectivity index (χ1n) is 5.85. The molecule has 3 aromatic rings. The molecule has 0 saturated carbocycles. The smallest absolute Gasteiger partial charge is 0.265 e. The molecule has 21 heavy (non-hydrogen) atoms. The molecule has 3 rings (SSSR count). The summed E-state index contributed by atoms with van der Waals surface area (Å²) in [5.74, 6) is 0.447. The van der Waals surface area contributed by atoms with Gasteiger partial charge in [-0.1, -0.05) is 11.6 Å². The summed E-state index contributed by atoms with van der Waals surface area (Å²) in [5.41, 5.74) is 0.468. The third-order valence-corrected chi connectivity index (χ3v) is 4.20. The van der Waals surface area contributed by atoms with Gasteiger partial charge in [0, 0.05) is 17.7 Å². The van der Waals surface area contributed by atoms with Crippen molar-refractivity contribution in [2.75, 3.05) is 0 Å². The monoisotopic (exact) mass is 431 g/mol. The molecule has 0 radical (unpaired) electrons. The number of nitrogens with zero attached hydrogens (tertiary/aromatic N) is 5. The maximum absolute atomic E-state index is 12.1. The molecule has 0 aliphatic heterocycles. The van der Waals surface area contributed by atoms with Crippen LogP contribution in [0.4, 0.5) is 0 Å². The molecule has 0 aliphatic carbocycles. The zero-order chi connectivity index (χ0) is 15.1. The van der Waals surface area contributed by atoms with Gasteiger partial charge in [-0.2, -0.15) is 5.10 Å². The summed E-state index contributed by atoms with van der Waals surface area (Å²) in [4.78, 5) is 20.7. The highest BCUT2D eigenvalue weighted by Crippen LogP contribution is 2.20. The van der Waals surface area contributed by atoms with Gasteiger partial charge in [-0.25, -0.2) is 9.97 Å². The lowest BCUT2D eigenvalue weighted by Crippen LogP contribution is -2.21. The van der Waals surface area contributed by atoms with Gasteiger partial charge in [-0.3, -0.25) is 9.48 Å². The summed E-state index contributed by atoms with van der Waals surface area (Å²) >= 11 is 12.7. The van der Waals surface area contributed by atoms with Gasteiger partial charge in [0.1, 0.15) is 5.15 Å². The lowest BCUT2D eigenvalue weighted by atomic mass is 10.4. The third-order valence-electron chi connectivity index (χ3n) is 2.91.